The molecule has 0 spiro atoms. The number of H-pyrrole nitrogens is 2. The van der Waals surface area contributed by atoms with Crippen LogP contribution in [0.25, 0.3) is 16.9 Å². The van der Waals surface area contributed by atoms with Gasteiger partial charge in [0.1, 0.15) is 0 Å². The van der Waals surface area contributed by atoms with Gasteiger partial charge < -0.3 is 4.98 Å². The van der Waals surface area contributed by atoms with Gasteiger partial charge in [-0.05, 0) is 42.0 Å². The lowest BCUT2D eigenvalue weighted by Crippen LogP contribution is -2.23. The third-order valence-electron chi connectivity index (χ3n) is 5.11. The van der Waals surface area contributed by atoms with Crippen molar-refractivity contribution in [2.24, 2.45) is 0 Å². The van der Waals surface area contributed by atoms with Crippen LogP contribution in [0.3, 0.4) is 0 Å². The van der Waals surface area contributed by atoms with Crippen LogP contribution in [0, 0.1) is 17.5 Å². The maximum Gasteiger partial charge on any atom is 0.325 e. The molecule has 0 radical (unpaired) electrons. The SMILES string of the molecule is O=c1[nH]cc(-c2cc([C@@H]3C[C@H]3c3cc(F)c(F)c(F)c3)c3nccn3n2)c(=O)[nH]1. The second-order valence-electron chi connectivity index (χ2n) is 6.91. The number of aromatic amines is 2. The molecule has 1 aliphatic rings. The summed E-state index contributed by atoms with van der Waals surface area (Å²) in [6.07, 6.45) is 5.00. The summed E-state index contributed by atoms with van der Waals surface area (Å²) >= 11 is 0. The standard InChI is InChI=1S/C19H12F3N5O2/c20-13-3-8(4-14(21)16(13)22)9-5-10(9)11-6-15(26-27-2-1-23-17(11)27)12-7-24-19(29)25-18(12)28/h1-4,6-7,9-10H,5H2,(H2,24,25,28,29)/t9-,10+/m0/s1. The van der Waals surface area contributed by atoms with Gasteiger partial charge in [0.2, 0.25) is 0 Å². The lowest BCUT2D eigenvalue weighted by Gasteiger charge is -2.08. The van der Waals surface area contributed by atoms with E-state index in [2.05, 4.69) is 20.1 Å². The molecule has 0 amide bonds. The molecule has 7 nitrogen and oxygen atoms in total. The highest BCUT2D eigenvalue weighted by Crippen LogP contribution is 2.55. The lowest BCUT2D eigenvalue weighted by atomic mass is 10.0. The Bertz CT molecular complexity index is 1370. The number of fused-ring (bicyclic) bond motifs is 1. The van der Waals surface area contributed by atoms with E-state index in [-0.39, 0.29) is 17.4 Å². The molecule has 0 aliphatic heterocycles. The van der Waals surface area contributed by atoms with E-state index in [1.165, 1.54) is 10.7 Å². The third-order valence-corrected chi connectivity index (χ3v) is 5.11. The van der Waals surface area contributed by atoms with Crippen LogP contribution in [0.5, 0.6) is 0 Å². The maximum atomic E-state index is 13.6. The number of benzene rings is 1. The second-order valence-corrected chi connectivity index (χ2v) is 6.91. The van der Waals surface area contributed by atoms with Crippen LogP contribution >= 0.6 is 0 Å². The van der Waals surface area contributed by atoms with E-state index in [1.807, 2.05) is 0 Å². The summed E-state index contributed by atoms with van der Waals surface area (Å²) in [6, 6.07) is 3.67. The van der Waals surface area contributed by atoms with Gasteiger partial charge >= 0.3 is 5.69 Å². The van der Waals surface area contributed by atoms with Crippen LogP contribution in [-0.4, -0.2) is 24.6 Å². The van der Waals surface area contributed by atoms with Gasteiger partial charge in [-0.2, -0.15) is 5.10 Å². The molecule has 0 saturated heterocycles. The highest BCUT2D eigenvalue weighted by atomic mass is 19.2. The van der Waals surface area contributed by atoms with Crippen molar-refractivity contribution >= 4 is 5.65 Å². The fourth-order valence-corrected chi connectivity index (χ4v) is 3.64. The molecule has 3 aromatic heterocycles. The Kier molecular flexibility index (Phi) is 3.70. The molecule has 0 bridgehead atoms. The maximum absolute atomic E-state index is 13.6. The minimum atomic E-state index is -1.50. The molecule has 4 aromatic rings. The molecule has 1 aromatic carbocycles. The number of hydrogen-bond acceptors (Lipinski definition) is 4. The first-order chi connectivity index (χ1) is 13.9. The molecule has 2 N–H and O–H groups in total. The van der Waals surface area contributed by atoms with Crippen molar-refractivity contribution < 1.29 is 13.2 Å². The summed E-state index contributed by atoms with van der Waals surface area (Å²) in [5, 5.41) is 4.35. The molecule has 146 valence electrons. The van der Waals surface area contributed by atoms with E-state index in [9.17, 15) is 22.8 Å². The molecule has 1 fully saturated rings. The third kappa shape index (κ3) is 2.84. The largest absolute Gasteiger partial charge is 0.325 e. The molecule has 1 aliphatic carbocycles. The topological polar surface area (TPSA) is 95.9 Å². The number of halogens is 3. The van der Waals surface area contributed by atoms with Gasteiger partial charge in [0.15, 0.2) is 23.1 Å². The van der Waals surface area contributed by atoms with Gasteiger partial charge in [-0.1, -0.05) is 0 Å². The fourth-order valence-electron chi connectivity index (χ4n) is 3.64. The van der Waals surface area contributed by atoms with Gasteiger partial charge in [-0.25, -0.2) is 27.5 Å². The summed E-state index contributed by atoms with van der Waals surface area (Å²) in [7, 11) is 0. The van der Waals surface area contributed by atoms with Crippen LogP contribution in [0.2, 0.25) is 0 Å². The van der Waals surface area contributed by atoms with E-state index < -0.39 is 28.7 Å². The molecule has 3 heterocycles. The number of nitrogens with zero attached hydrogens (tertiary/aromatic N) is 3. The van der Waals surface area contributed by atoms with Crippen LogP contribution < -0.4 is 11.2 Å². The average Bonchev–Trinajstić information content (AvgIpc) is 3.33. The van der Waals surface area contributed by atoms with Crippen molar-refractivity contribution in [3.63, 3.8) is 0 Å². The van der Waals surface area contributed by atoms with Crippen LogP contribution in [0.4, 0.5) is 13.2 Å². The summed E-state index contributed by atoms with van der Waals surface area (Å²) in [6.45, 7) is 0. The van der Waals surface area contributed by atoms with Crippen LogP contribution in [-0.2, 0) is 0 Å². The number of hydrogen-bond donors (Lipinski definition) is 2. The number of imidazole rings is 1. The first-order valence-electron chi connectivity index (χ1n) is 8.73. The van der Waals surface area contributed by atoms with Crippen LogP contribution in [0.1, 0.15) is 29.4 Å². The minimum absolute atomic E-state index is 0.132. The molecule has 5 rings (SSSR count). The zero-order valence-corrected chi connectivity index (χ0v) is 14.6. The monoisotopic (exact) mass is 399 g/mol. The molecule has 2 atom stereocenters. The predicted molar refractivity (Wildman–Crippen MR) is 96.1 cm³/mol. The van der Waals surface area contributed by atoms with Gasteiger partial charge in [0, 0.05) is 24.2 Å². The second kappa shape index (κ2) is 6.16. The Hall–Kier alpha value is -3.69. The lowest BCUT2D eigenvalue weighted by molar-refractivity contribution is 0.445. The Morgan fingerprint density at radius 3 is 2.55 bits per heavy atom. The van der Waals surface area contributed by atoms with Gasteiger partial charge in [0.05, 0.1) is 11.3 Å². The first kappa shape index (κ1) is 17.4. The summed E-state index contributed by atoms with van der Waals surface area (Å²) in [4.78, 5) is 32.2. The van der Waals surface area contributed by atoms with E-state index in [0.717, 1.165) is 17.7 Å². The van der Waals surface area contributed by atoms with Crippen LogP contribution in [0.15, 0.2) is 46.4 Å². The Balaban J connectivity index is 1.60. The van der Waals surface area contributed by atoms with Crippen molar-refractivity contribution in [1.82, 2.24) is 24.6 Å². The van der Waals surface area contributed by atoms with E-state index in [1.54, 1.807) is 18.5 Å². The number of aromatic nitrogens is 5. The molecule has 29 heavy (non-hydrogen) atoms. The van der Waals surface area contributed by atoms with Gasteiger partial charge in [-0.3, -0.25) is 9.78 Å². The molecular weight excluding hydrogens is 387 g/mol. The molecule has 10 heteroatoms. The van der Waals surface area contributed by atoms with Crippen molar-refractivity contribution in [2.75, 3.05) is 0 Å². The van der Waals surface area contributed by atoms with E-state index in [0.29, 0.717) is 23.3 Å². The predicted octanol–water partition coefficient (Wildman–Crippen LogP) is 2.46. The normalized spacial score (nSPS) is 18.3. The number of nitrogens with one attached hydrogen (secondary N) is 2. The zero-order chi connectivity index (χ0) is 20.3. The van der Waals surface area contributed by atoms with Gasteiger partial charge in [0.25, 0.3) is 5.56 Å². The Morgan fingerprint density at radius 2 is 1.83 bits per heavy atom. The molecular formula is C19H12F3N5O2. The highest BCUT2D eigenvalue weighted by Gasteiger charge is 2.42. The average molecular weight is 399 g/mol. The summed E-state index contributed by atoms with van der Waals surface area (Å²) < 4.78 is 42.0. The number of rotatable bonds is 3. The summed E-state index contributed by atoms with van der Waals surface area (Å²) in [5.74, 6) is -4.30. The summed E-state index contributed by atoms with van der Waals surface area (Å²) in [5.41, 5.74) is 0.886. The Labute approximate surface area is 159 Å². The van der Waals surface area contributed by atoms with Crippen molar-refractivity contribution in [3.8, 4) is 11.3 Å². The Morgan fingerprint density at radius 1 is 1.07 bits per heavy atom. The smallest absolute Gasteiger partial charge is 0.313 e. The first-order valence-corrected chi connectivity index (χ1v) is 8.73. The molecule has 1 saturated carbocycles. The van der Waals surface area contributed by atoms with E-state index >= 15 is 0 Å². The van der Waals surface area contributed by atoms with Crippen molar-refractivity contribution in [2.45, 2.75) is 18.3 Å². The zero-order valence-electron chi connectivity index (χ0n) is 14.6. The fraction of sp³-hybridized carbons (Fsp3) is 0.158. The van der Waals surface area contributed by atoms with E-state index in [4.69, 9.17) is 0 Å². The van der Waals surface area contributed by atoms with Crippen molar-refractivity contribution in [3.05, 3.63) is 86.2 Å². The molecule has 0 unspecified atom stereocenters. The van der Waals surface area contributed by atoms with Crippen molar-refractivity contribution in [1.29, 1.82) is 0 Å². The minimum Gasteiger partial charge on any atom is -0.313 e. The highest BCUT2D eigenvalue weighted by molar-refractivity contribution is 5.63. The quantitative estimate of drug-likeness (QED) is 0.518. The van der Waals surface area contributed by atoms with Gasteiger partial charge in [-0.15, -0.1) is 0 Å².